The third kappa shape index (κ3) is 4.91. The molecule has 1 unspecified atom stereocenters. The fraction of sp³-hybridized carbons (Fsp3) is 0.0500. The molecule has 26 heavy (non-hydrogen) atoms. The van der Waals surface area contributed by atoms with E-state index >= 15 is 0 Å². The molecule has 3 aromatic carbocycles. The average molecular weight is 371 g/mol. The SMILES string of the molecule is O=C(O)C(Oc1ccccc1)Oc1ccc(Oc2ccc(Cl)cc2)cc1. The van der Waals surface area contributed by atoms with Gasteiger partial charge in [0.05, 0.1) is 0 Å². The van der Waals surface area contributed by atoms with Crippen molar-refractivity contribution in [2.75, 3.05) is 0 Å². The number of hydrogen-bond donors (Lipinski definition) is 1. The molecule has 0 radical (unpaired) electrons. The number of halogens is 1. The van der Waals surface area contributed by atoms with Gasteiger partial charge in [-0.1, -0.05) is 29.8 Å². The Balaban J connectivity index is 1.65. The molecule has 3 aromatic rings. The predicted molar refractivity (Wildman–Crippen MR) is 97.1 cm³/mol. The van der Waals surface area contributed by atoms with E-state index in [1.807, 2.05) is 6.07 Å². The predicted octanol–water partition coefficient (Wildman–Crippen LogP) is 5.00. The molecule has 1 N–H and O–H groups in total. The van der Waals surface area contributed by atoms with Crippen LogP contribution in [0.4, 0.5) is 0 Å². The Labute approximate surface area is 155 Å². The molecule has 5 nitrogen and oxygen atoms in total. The van der Waals surface area contributed by atoms with Gasteiger partial charge in [-0.3, -0.25) is 0 Å². The van der Waals surface area contributed by atoms with Crippen LogP contribution in [0.2, 0.25) is 5.02 Å². The first-order valence-electron chi connectivity index (χ1n) is 7.75. The molecule has 132 valence electrons. The lowest BCUT2D eigenvalue weighted by molar-refractivity contribution is -0.158. The molecule has 0 saturated heterocycles. The van der Waals surface area contributed by atoms with Gasteiger partial charge in [0, 0.05) is 5.02 Å². The maximum atomic E-state index is 11.4. The first-order chi connectivity index (χ1) is 12.6. The summed E-state index contributed by atoms with van der Waals surface area (Å²) in [5, 5.41) is 9.91. The summed E-state index contributed by atoms with van der Waals surface area (Å²) in [6.45, 7) is 0. The van der Waals surface area contributed by atoms with Gasteiger partial charge < -0.3 is 19.3 Å². The summed E-state index contributed by atoms with van der Waals surface area (Å²) in [5.74, 6) is 0.740. The van der Waals surface area contributed by atoms with Gasteiger partial charge in [-0.2, -0.15) is 0 Å². The Bertz CT molecular complexity index is 848. The second-order valence-corrected chi connectivity index (χ2v) is 5.68. The molecule has 0 spiro atoms. The van der Waals surface area contributed by atoms with Gasteiger partial charge in [-0.15, -0.1) is 0 Å². The molecule has 0 bridgehead atoms. The van der Waals surface area contributed by atoms with Crippen LogP contribution in [0, 0.1) is 0 Å². The Morgan fingerprint density at radius 3 is 1.73 bits per heavy atom. The van der Waals surface area contributed by atoms with E-state index in [9.17, 15) is 9.90 Å². The highest BCUT2D eigenvalue weighted by atomic mass is 35.5. The van der Waals surface area contributed by atoms with Crippen molar-refractivity contribution < 1.29 is 24.1 Å². The van der Waals surface area contributed by atoms with E-state index in [2.05, 4.69) is 0 Å². The van der Waals surface area contributed by atoms with E-state index in [1.165, 1.54) is 0 Å². The van der Waals surface area contributed by atoms with Crippen LogP contribution in [0.1, 0.15) is 0 Å². The highest BCUT2D eigenvalue weighted by Crippen LogP contribution is 2.25. The lowest BCUT2D eigenvalue weighted by Gasteiger charge is -2.17. The quantitative estimate of drug-likeness (QED) is 0.593. The molecule has 0 aromatic heterocycles. The minimum atomic E-state index is -1.46. The Hall–Kier alpha value is -3.18. The molecule has 0 aliphatic rings. The monoisotopic (exact) mass is 370 g/mol. The fourth-order valence-electron chi connectivity index (χ4n) is 2.10. The van der Waals surface area contributed by atoms with Crippen molar-refractivity contribution in [2.24, 2.45) is 0 Å². The van der Waals surface area contributed by atoms with Crippen molar-refractivity contribution in [1.82, 2.24) is 0 Å². The summed E-state index contributed by atoms with van der Waals surface area (Å²) in [7, 11) is 0. The van der Waals surface area contributed by atoms with E-state index in [1.54, 1.807) is 72.8 Å². The molecule has 0 aliphatic carbocycles. The molecule has 0 aliphatic heterocycles. The first kappa shape index (κ1) is 17.6. The number of hydrogen-bond acceptors (Lipinski definition) is 4. The highest BCUT2D eigenvalue weighted by Gasteiger charge is 2.21. The Kier molecular flexibility index (Phi) is 5.61. The van der Waals surface area contributed by atoms with Crippen molar-refractivity contribution >= 4 is 17.6 Å². The summed E-state index contributed by atoms with van der Waals surface area (Å²) < 4.78 is 16.4. The van der Waals surface area contributed by atoms with E-state index in [0.29, 0.717) is 28.0 Å². The summed E-state index contributed by atoms with van der Waals surface area (Å²) in [5.41, 5.74) is 0. The molecular weight excluding hydrogens is 356 g/mol. The lowest BCUT2D eigenvalue weighted by Crippen LogP contribution is -2.33. The van der Waals surface area contributed by atoms with Crippen molar-refractivity contribution in [1.29, 1.82) is 0 Å². The Morgan fingerprint density at radius 1 is 0.731 bits per heavy atom. The van der Waals surface area contributed by atoms with Gasteiger partial charge in [0.2, 0.25) is 0 Å². The fourth-order valence-corrected chi connectivity index (χ4v) is 2.22. The van der Waals surface area contributed by atoms with Gasteiger partial charge in [0.25, 0.3) is 0 Å². The van der Waals surface area contributed by atoms with E-state index < -0.39 is 12.3 Å². The second-order valence-electron chi connectivity index (χ2n) is 5.25. The van der Waals surface area contributed by atoms with Crippen LogP contribution in [0.5, 0.6) is 23.0 Å². The van der Waals surface area contributed by atoms with Crippen LogP contribution in [0.15, 0.2) is 78.9 Å². The normalized spacial score (nSPS) is 11.4. The zero-order valence-corrected chi connectivity index (χ0v) is 14.3. The average Bonchev–Trinajstić information content (AvgIpc) is 2.65. The van der Waals surface area contributed by atoms with Crippen LogP contribution in [0.25, 0.3) is 0 Å². The summed E-state index contributed by atoms with van der Waals surface area (Å²) in [6.07, 6.45) is -1.46. The van der Waals surface area contributed by atoms with Gasteiger partial charge >= 0.3 is 12.3 Å². The minimum absolute atomic E-state index is 0.344. The molecule has 0 heterocycles. The third-order valence-electron chi connectivity index (χ3n) is 3.30. The molecule has 1 atom stereocenters. The van der Waals surface area contributed by atoms with Crippen LogP contribution in [-0.4, -0.2) is 17.4 Å². The Morgan fingerprint density at radius 2 is 1.19 bits per heavy atom. The lowest BCUT2D eigenvalue weighted by atomic mass is 10.3. The van der Waals surface area contributed by atoms with Crippen LogP contribution < -0.4 is 14.2 Å². The summed E-state index contributed by atoms with van der Waals surface area (Å²) in [6, 6.07) is 22.1. The van der Waals surface area contributed by atoms with Gasteiger partial charge in [0.1, 0.15) is 23.0 Å². The zero-order valence-electron chi connectivity index (χ0n) is 13.5. The van der Waals surface area contributed by atoms with E-state index in [0.717, 1.165) is 0 Å². The van der Waals surface area contributed by atoms with Crippen molar-refractivity contribution in [2.45, 2.75) is 6.29 Å². The molecule has 0 saturated carbocycles. The molecule has 0 fully saturated rings. The largest absolute Gasteiger partial charge is 0.476 e. The maximum Gasteiger partial charge on any atom is 0.387 e. The van der Waals surface area contributed by atoms with Crippen molar-refractivity contribution in [3.63, 3.8) is 0 Å². The van der Waals surface area contributed by atoms with E-state index in [4.69, 9.17) is 25.8 Å². The molecular formula is C20H15ClO5. The molecule has 3 rings (SSSR count). The van der Waals surface area contributed by atoms with Gasteiger partial charge in [-0.25, -0.2) is 4.79 Å². The number of ether oxygens (including phenoxy) is 3. The van der Waals surface area contributed by atoms with E-state index in [-0.39, 0.29) is 0 Å². The standard InChI is InChI=1S/C20H15ClO5/c21-14-6-8-16(9-7-14)24-17-10-12-18(13-11-17)26-20(19(22)23)25-15-4-2-1-3-5-15/h1-13,20H,(H,22,23). The topological polar surface area (TPSA) is 65.0 Å². The number of carbonyl (C=O) groups is 1. The second kappa shape index (κ2) is 8.27. The number of benzene rings is 3. The summed E-state index contributed by atoms with van der Waals surface area (Å²) >= 11 is 5.84. The number of carboxylic acids is 1. The van der Waals surface area contributed by atoms with Crippen molar-refractivity contribution in [3.05, 3.63) is 83.9 Å². The maximum absolute atomic E-state index is 11.4. The minimum Gasteiger partial charge on any atom is -0.476 e. The number of aliphatic carboxylic acids is 1. The van der Waals surface area contributed by atoms with Gasteiger partial charge in [0.15, 0.2) is 0 Å². The van der Waals surface area contributed by atoms with Crippen LogP contribution in [-0.2, 0) is 4.79 Å². The first-order valence-corrected chi connectivity index (χ1v) is 8.12. The van der Waals surface area contributed by atoms with Crippen molar-refractivity contribution in [3.8, 4) is 23.0 Å². The van der Waals surface area contributed by atoms with Crippen LogP contribution >= 0.6 is 11.6 Å². The number of para-hydroxylation sites is 1. The molecule has 0 amide bonds. The summed E-state index contributed by atoms with van der Waals surface area (Å²) in [4.78, 5) is 11.4. The number of carboxylic acid groups (broad SMARTS) is 1. The third-order valence-corrected chi connectivity index (χ3v) is 3.56. The molecule has 6 heteroatoms. The smallest absolute Gasteiger partial charge is 0.387 e. The number of rotatable bonds is 7. The van der Waals surface area contributed by atoms with Crippen LogP contribution in [0.3, 0.4) is 0 Å². The highest BCUT2D eigenvalue weighted by molar-refractivity contribution is 6.30. The zero-order chi connectivity index (χ0) is 18.4. The van der Waals surface area contributed by atoms with Gasteiger partial charge in [-0.05, 0) is 60.7 Å².